The Labute approximate surface area is 128 Å². The van der Waals surface area contributed by atoms with Crippen molar-refractivity contribution in [2.24, 2.45) is 0 Å². The van der Waals surface area contributed by atoms with Gasteiger partial charge in [-0.1, -0.05) is 11.6 Å². The van der Waals surface area contributed by atoms with Crippen molar-refractivity contribution in [1.82, 2.24) is 0 Å². The van der Waals surface area contributed by atoms with Gasteiger partial charge in [-0.2, -0.15) is 5.26 Å². The molecule has 0 aliphatic carbocycles. The molecule has 0 atom stereocenters. The fraction of sp³-hybridized carbons (Fsp3) is 0.0714. The van der Waals surface area contributed by atoms with Gasteiger partial charge in [-0.3, -0.25) is 0 Å². The zero-order chi connectivity index (χ0) is 14.7. The number of hydrogen-bond donors (Lipinski definition) is 1. The lowest BCUT2D eigenvalue weighted by molar-refractivity contribution is 0.559. The van der Waals surface area contributed by atoms with Crippen LogP contribution < -0.4 is 5.32 Å². The van der Waals surface area contributed by atoms with Gasteiger partial charge in [-0.05, 0) is 46.3 Å². The predicted octanol–water partition coefficient (Wildman–Crippen LogP) is 4.86. The summed E-state index contributed by atoms with van der Waals surface area (Å²) in [6.07, 6.45) is 0. The lowest BCUT2D eigenvalue weighted by Gasteiger charge is -2.09. The molecule has 0 bridgehead atoms. The number of benzene rings is 2. The van der Waals surface area contributed by atoms with Gasteiger partial charge < -0.3 is 5.32 Å². The molecular weight excluding hydrogens is 350 g/mol. The van der Waals surface area contributed by atoms with Crippen molar-refractivity contribution in [2.45, 2.75) is 6.54 Å². The van der Waals surface area contributed by atoms with Crippen LogP contribution in [0.5, 0.6) is 0 Å². The van der Waals surface area contributed by atoms with Gasteiger partial charge in [0, 0.05) is 22.3 Å². The Kier molecular flexibility index (Phi) is 4.58. The van der Waals surface area contributed by atoms with Crippen LogP contribution in [0, 0.1) is 23.0 Å². The van der Waals surface area contributed by atoms with Crippen molar-refractivity contribution in [2.75, 3.05) is 5.32 Å². The Morgan fingerprint density at radius 1 is 1.20 bits per heavy atom. The molecule has 0 radical (unpaired) electrons. The van der Waals surface area contributed by atoms with Crippen LogP contribution in [0.25, 0.3) is 0 Å². The fourth-order valence-corrected chi connectivity index (χ4v) is 2.06. The number of anilines is 1. The van der Waals surface area contributed by atoms with Gasteiger partial charge in [0.05, 0.1) is 16.7 Å². The standard InChI is InChI=1S/C14H8BrClF2N2/c15-11-2-1-9(5-12(11)16)20-7-10-13(17)3-8(6-19)4-14(10)18/h1-5,20H,7H2. The van der Waals surface area contributed by atoms with Gasteiger partial charge in [0.2, 0.25) is 0 Å². The smallest absolute Gasteiger partial charge is 0.132 e. The van der Waals surface area contributed by atoms with E-state index in [0.29, 0.717) is 10.7 Å². The van der Waals surface area contributed by atoms with Crippen molar-refractivity contribution in [3.05, 3.63) is 62.6 Å². The maximum absolute atomic E-state index is 13.7. The minimum Gasteiger partial charge on any atom is -0.381 e. The van der Waals surface area contributed by atoms with E-state index in [2.05, 4.69) is 21.2 Å². The summed E-state index contributed by atoms with van der Waals surface area (Å²) >= 11 is 9.18. The van der Waals surface area contributed by atoms with Crippen LogP contribution in [0.2, 0.25) is 5.02 Å². The van der Waals surface area contributed by atoms with E-state index in [0.717, 1.165) is 16.6 Å². The summed E-state index contributed by atoms with van der Waals surface area (Å²) in [7, 11) is 0. The highest BCUT2D eigenvalue weighted by Crippen LogP contribution is 2.26. The van der Waals surface area contributed by atoms with Crippen LogP contribution in [0.1, 0.15) is 11.1 Å². The molecule has 102 valence electrons. The molecule has 0 amide bonds. The van der Waals surface area contributed by atoms with E-state index in [4.69, 9.17) is 16.9 Å². The average Bonchev–Trinajstić information content (AvgIpc) is 2.41. The Hall–Kier alpha value is -1.64. The molecule has 0 saturated carbocycles. The van der Waals surface area contributed by atoms with Crippen LogP contribution in [0.3, 0.4) is 0 Å². The summed E-state index contributed by atoms with van der Waals surface area (Å²) in [4.78, 5) is 0. The Morgan fingerprint density at radius 2 is 1.85 bits per heavy atom. The molecule has 20 heavy (non-hydrogen) atoms. The third-order valence-electron chi connectivity index (χ3n) is 2.66. The van der Waals surface area contributed by atoms with Gasteiger partial charge in [0.1, 0.15) is 11.6 Å². The summed E-state index contributed by atoms with van der Waals surface area (Å²) in [6.45, 7) is -0.0403. The molecule has 2 rings (SSSR count). The highest BCUT2D eigenvalue weighted by Gasteiger charge is 2.11. The fourth-order valence-electron chi connectivity index (χ4n) is 1.63. The first-order valence-corrected chi connectivity index (χ1v) is 6.75. The van der Waals surface area contributed by atoms with E-state index in [1.807, 2.05) is 0 Å². The molecule has 0 aliphatic heterocycles. The maximum atomic E-state index is 13.7. The SMILES string of the molecule is N#Cc1cc(F)c(CNc2ccc(Br)c(Cl)c2)c(F)c1. The Morgan fingerprint density at radius 3 is 2.40 bits per heavy atom. The summed E-state index contributed by atoms with van der Waals surface area (Å²) < 4.78 is 28.1. The number of nitrogens with zero attached hydrogens (tertiary/aromatic N) is 1. The largest absolute Gasteiger partial charge is 0.381 e. The Bertz CT molecular complexity index is 675. The number of hydrogen-bond acceptors (Lipinski definition) is 2. The van der Waals surface area contributed by atoms with Crippen molar-refractivity contribution in [3.63, 3.8) is 0 Å². The van der Waals surface area contributed by atoms with Crippen LogP contribution in [0.15, 0.2) is 34.8 Å². The number of rotatable bonds is 3. The van der Waals surface area contributed by atoms with E-state index in [-0.39, 0.29) is 17.7 Å². The minimum atomic E-state index is -0.753. The van der Waals surface area contributed by atoms with Crippen molar-refractivity contribution >= 4 is 33.2 Å². The van der Waals surface area contributed by atoms with Gasteiger partial charge in [-0.15, -0.1) is 0 Å². The molecule has 0 saturated heterocycles. The summed E-state index contributed by atoms with van der Waals surface area (Å²) in [5.74, 6) is -1.51. The molecule has 0 aromatic heterocycles. The van der Waals surface area contributed by atoms with E-state index >= 15 is 0 Å². The Balaban J connectivity index is 2.19. The zero-order valence-electron chi connectivity index (χ0n) is 10.1. The van der Waals surface area contributed by atoms with Crippen LogP contribution in [-0.2, 0) is 6.54 Å². The zero-order valence-corrected chi connectivity index (χ0v) is 12.4. The quantitative estimate of drug-likeness (QED) is 0.851. The molecular formula is C14H8BrClF2N2. The van der Waals surface area contributed by atoms with Crippen LogP contribution in [0.4, 0.5) is 14.5 Å². The normalized spacial score (nSPS) is 10.2. The molecule has 2 aromatic carbocycles. The second-order valence-electron chi connectivity index (χ2n) is 4.01. The summed E-state index contributed by atoms with van der Waals surface area (Å²) in [5, 5.41) is 12.0. The topological polar surface area (TPSA) is 35.8 Å². The highest BCUT2D eigenvalue weighted by molar-refractivity contribution is 9.10. The van der Waals surface area contributed by atoms with Gasteiger partial charge >= 0.3 is 0 Å². The predicted molar refractivity (Wildman–Crippen MR) is 77.6 cm³/mol. The lowest BCUT2D eigenvalue weighted by atomic mass is 10.1. The number of halogens is 4. The van der Waals surface area contributed by atoms with Crippen molar-refractivity contribution in [3.8, 4) is 6.07 Å². The molecule has 0 aliphatic rings. The molecule has 0 fully saturated rings. The van der Waals surface area contributed by atoms with Crippen molar-refractivity contribution in [1.29, 1.82) is 5.26 Å². The maximum Gasteiger partial charge on any atom is 0.132 e. The highest BCUT2D eigenvalue weighted by atomic mass is 79.9. The van der Waals surface area contributed by atoms with Crippen LogP contribution >= 0.6 is 27.5 Å². The molecule has 0 spiro atoms. The van der Waals surface area contributed by atoms with Gasteiger partial charge in [0.25, 0.3) is 0 Å². The first-order chi connectivity index (χ1) is 9.51. The molecule has 2 aromatic rings. The third-order valence-corrected chi connectivity index (χ3v) is 3.89. The number of nitrogens with one attached hydrogen (secondary N) is 1. The second-order valence-corrected chi connectivity index (χ2v) is 5.27. The molecule has 0 heterocycles. The first kappa shape index (κ1) is 14.8. The first-order valence-electron chi connectivity index (χ1n) is 5.58. The molecule has 2 nitrogen and oxygen atoms in total. The van der Waals surface area contributed by atoms with Gasteiger partial charge in [-0.25, -0.2) is 8.78 Å². The minimum absolute atomic E-state index is 0.0403. The molecule has 6 heteroatoms. The van der Waals surface area contributed by atoms with E-state index in [9.17, 15) is 8.78 Å². The number of nitriles is 1. The van der Waals surface area contributed by atoms with E-state index < -0.39 is 11.6 Å². The van der Waals surface area contributed by atoms with Crippen molar-refractivity contribution < 1.29 is 8.78 Å². The lowest BCUT2D eigenvalue weighted by Crippen LogP contribution is -2.05. The van der Waals surface area contributed by atoms with E-state index in [1.165, 1.54) is 0 Å². The average molecular weight is 358 g/mol. The van der Waals surface area contributed by atoms with Gasteiger partial charge in [0.15, 0.2) is 0 Å². The molecule has 1 N–H and O–H groups in total. The third kappa shape index (κ3) is 3.27. The molecule has 0 unspecified atom stereocenters. The van der Waals surface area contributed by atoms with E-state index in [1.54, 1.807) is 24.3 Å². The summed E-state index contributed by atoms with van der Waals surface area (Å²) in [6, 6.07) is 8.83. The second kappa shape index (κ2) is 6.21. The monoisotopic (exact) mass is 356 g/mol. The van der Waals surface area contributed by atoms with Crippen LogP contribution in [-0.4, -0.2) is 0 Å². The summed E-state index contributed by atoms with van der Waals surface area (Å²) in [5.41, 5.74) is 0.472.